The third kappa shape index (κ3) is 1.00. The highest BCUT2D eigenvalue weighted by Crippen LogP contribution is 2.37. The van der Waals surface area contributed by atoms with Gasteiger partial charge in [0.2, 0.25) is 6.33 Å². The zero-order chi connectivity index (χ0) is 9.38. The highest BCUT2D eigenvalue weighted by atomic mass is 16.7. The lowest BCUT2D eigenvalue weighted by atomic mass is 10.3. The van der Waals surface area contributed by atoms with Crippen molar-refractivity contribution in [2.75, 3.05) is 0 Å². The number of nitrogens with zero attached hydrogens (tertiary/aromatic N) is 4. The zero-order valence-electron chi connectivity index (χ0n) is 6.99. The average Bonchev–Trinajstić information content (AvgIpc) is 2.86. The van der Waals surface area contributed by atoms with E-state index in [-0.39, 0.29) is 0 Å². The van der Waals surface area contributed by atoms with Crippen LogP contribution in [0.25, 0.3) is 0 Å². The van der Waals surface area contributed by atoms with Crippen molar-refractivity contribution in [3.05, 3.63) is 30.6 Å². The van der Waals surface area contributed by atoms with E-state index in [1.54, 1.807) is 0 Å². The largest absolute Gasteiger partial charge is 0.432 e. The first-order valence-electron chi connectivity index (χ1n) is 4.01. The number of tetrazole rings is 1. The SMILES string of the molecule is [c]1nnnn1C1Oc2ccccc2O1. The maximum Gasteiger partial charge on any atom is 0.350 e. The van der Waals surface area contributed by atoms with Gasteiger partial charge in [-0.15, -0.1) is 9.78 Å². The summed E-state index contributed by atoms with van der Waals surface area (Å²) in [6.07, 6.45) is 1.86. The van der Waals surface area contributed by atoms with Crippen molar-refractivity contribution in [2.24, 2.45) is 0 Å². The van der Waals surface area contributed by atoms with E-state index in [1.165, 1.54) is 4.68 Å². The van der Waals surface area contributed by atoms with Crippen LogP contribution in [0.5, 0.6) is 11.5 Å². The fraction of sp³-hybridized carbons (Fsp3) is 0.125. The maximum atomic E-state index is 5.42. The van der Waals surface area contributed by atoms with Crippen LogP contribution in [0.15, 0.2) is 24.3 Å². The zero-order valence-corrected chi connectivity index (χ0v) is 6.99. The second-order valence-corrected chi connectivity index (χ2v) is 2.71. The molecule has 3 rings (SSSR count). The first-order valence-corrected chi connectivity index (χ1v) is 4.01. The van der Waals surface area contributed by atoms with Gasteiger partial charge in [0.05, 0.1) is 0 Å². The van der Waals surface area contributed by atoms with Crippen LogP contribution in [0, 0.1) is 6.33 Å². The molecule has 0 atom stereocenters. The molecule has 2 aromatic rings. The molecule has 0 aliphatic carbocycles. The molecule has 0 amide bonds. The van der Waals surface area contributed by atoms with Crippen LogP contribution in [0.2, 0.25) is 0 Å². The van der Waals surface area contributed by atoms with E-state index in [9.17, 15) is 0 Å². The van der Waals surface area contributed by atoms with Crippen LogP contribution in [0.1, 0.15) is 6.41 Å². The number of aromatic nitrogens is 4. The van der Waals surface area contributed by atoms with Gasteiger partial charge in [-0.25, -0.2) is 0 Å². The molecule has 0 saturated heterocycles. The minimum absolute atomic E-state index is 0.651. The van der Waals surface area contributed by atoms with Crippen LogP contribution in [0.3, 0.4) is 0 Å². The predicted molar refractivity (Wildman–Crippen MR) is 43.4 cm³/mol. The number of para-hydroxylation sites is 2. The molecule has 2 heterocycles. The van der Waals surface area contributed by atoms with E-state index in [4.69, 9.17) is 9.47 Å². The monoisotopic (exact) mass is 189 g/mol. The van der Waals surface area contributed by atoms with E-state index in [2.05, 4.69) is 21.9 Å². The van der Waals surface area contributed by atoms with Crippen LogP contribution >= 0.6 is 0 Å². The van der Waals surface area contributed by atoms with Crippen molar-refractivity contribution in [1.29, 1.82) is 0 Å². The Morgan fingerprint density at radius 1 is 1.21 bits per heavy atom. The van der Waals surface area contributed by atoms with Gasteiger partial charge in [-0.2, -0.15) is 0 Å². The Kier molecular flexibility index (Phi) is 1.41. The molecule has 6 heteroatoms. The fourth-order valence-electron chi connectivity index (χ4n) is 1.22. The highest BCUT2D eigenvalue weighted by molar-refractivity contribution is 5.41. The molecular weight excluding hydrogens is 184 g/mol. The third-order valence-corrected chi connectivity index (χ3v) is 1.83. The standard InChI is InChI=1S/C8H5N4O2/c1-2-4-7-6(3-1)13-8(14-7)12-5-9-10-11-12/h1-4,8H. The molecule has 1 aromatic heterocycles. The third-order valence-electron chi connectivity index (χ3n) is 1.83. The molecule has 0 fully saturated rings. The van der Waals surface area contributed by atoms with E-state index >= 15 is 0 Å². The summed E-state index contributed by atoms with van der Waals surface area (Å²) in [5.74, 6) is 1.36. The van der Waals surface area contributed by atoms with Crippen molar-refractivity contribution in [3.8, 4) is 11.5 Å². The van der Waals surface area contributed by atoms with Crippen molar-refractivity contribution >= 4 is 0 Å². The average molecular weight is 189 g/mol. The summed E-state index contributed by atoms with van der Waals surface area (Å²) in [6, 6.07) is 7.38. The van der Waals surface area contributed by atoms with Crippen LogP contribution in [0.4, 0.5) is 0 Å². The predicted octanol–water partition coefficient (Wildman–Crippen LogP) is 0.401. The molecule has 6 nitrogen and oxygen atoms in total. The second-order valence-electron chi connectivity index (χ2n) is 2.71. The molecule has 1 aliphatic heterocycles. The summed E-state index contributed by atoms with van der Waals surface area (Å²) >= 11 is 0. The number of hydrogen-bond donors (Lipinski definition) is 0. The smallest absolute Gasteiger partial charge is 0.350 e. The Hall–Kier alpha value is -2.11. The van der Waals surface area contributed by atoms with Crippen molar-refractivity contribution in [3.63, 3.8) is 0 Å². The lowest BCUT2D eigenvalue weighted by Gasteiger charge is -2.06. The van der Waals surface area contributed by atoms with E-state index in [0.29, 0.717) is 11.5 Å². The van der Waals surface area contributed by atoms with Crippen LogP contribution in [-0.2, 0) is 0 Å². The quantitative estimate of drug-likeness (QED) is 0.649. The minimum Gasteiger partial charge on any atom is -0.432 e. The Bertz CT molecular complexity index is 417. The lowest BCUT2D eigenvalue weighted by molar-refractivity contribution is -0.0302. The Morgan fingerprint density at radius 3 is 2.50 bits per heavy atom. The summed E-state index contributed by atoms with van der Waals surface area (Å²) in [5.41, 5.74) is 0. The summed E-state index contributed by atoms with van der Waals surface area (Å²) < 4.78 is 12.1. The molecular formula is C8H5N4O2. The number of rotatable bonds is 1. The lowest BCUT2D eigenvalue weighted by Crippen LogP contribution is -2.17. The van der Waals surface area contributed by atoms with Gasteiger partial charge in [0.15, 0.2) is 11.5 Å². The molecule has 0 bridgehead atoms. The molecule has 1 aromatic carbocycles. The molecule has 69 valence electrons. The first-order chi connectivity index (χ1) is 6.93. The van der Waals surface area contributed by atoms with E-state index in [0.717, 1.165) is 0 Å². The maximum absolute atomic E-state index is 5.42. The van der Waals surface area contributed by atoms with Gasteiger partial charge >= 0.3 is 6.41 Å². The van der Waals surface area contributed by atoms with Gasteiger partial charge in [0, 0.05) is 0 Å². The number of hydrogen-bond acceptors (Lipinski definition) is 5. The summed E-state index contributed by atoms with van der Waals surface area (Å²) in [4.78, 5) is 0. The molecule has 0 unspecified atom stereocenters. The summed E-state index contributed by atoms with van der Waals surface area (Å²) in [7, 11) is 0. The topological polar surface area (TPSA) is 62.1 Å². The van der Waals surface area contributed by atoms with Gasteiger partial charge in [-0.3, -0.25) is 0 Å². The minimum atomic E-state index is -0.651. The van der Waals surface area contributed by atoms with Gasteiger partial charge in [0.25, 0.3) is 0 Å². The van der Waals surface area contributed by atoms with Crippen LogP contribution < -0.4 is 9.47 Å². The highest BCUT2D eigenvalue weighted by Gasteiger charge is 2.26. The van der Waals surface area contributed by atoms with Gasteiger partial charge in [-0.05, 0) is 22.6 Å². The molecule has 0 N–H and O–H groups in total. The van der Waals surface area contributed by atoms with Gasteiger partial charge < -0.3 is 9.47 Å². The summed E-state index contributed by atoms with van der Waals surface area (Å²) in [6.45, 7) is 0. The molecule has 1 radical (unpaired) electrons. The molecule has 0 saturated carbocycles. The van der Waals surface area contributed by atoms with Crippen molar-refractivity contribution < 1.29 is 9.47 Å². The Labute approximate surface area is 79.1 Å². The van der Waals surface area contributed by atoms with Crippen molar-refractivity contribution in [1.82, 2.24) is 20.2 Å². The number of fused-ring (bicyclic) bond motifs is 1. The fourth-order valence-corrected chi connectivity index (χ4v) is 1.22. The second kappa shape index (κ2) is 2.69. The Balaban J connectivity index is 1.92. The van der Waals surface area contributed by atoms with E-state index in [1.807, 2.05) is 24.3 Å². The van der Waals surface area contributed by atoms with Gasteiger partial charge in [-0.1, -0.05) is 12.1 Å². The van der Waals surface area contributed by atoms with Crippen LogP contribution in [-0.4, -0.2) is 20.2 Å². The molecule has 0 spiro atoms. The van der Waals surface area contributed by atoms with E-state index < -0.39 is 6.41 Å². The van der Waals surface area contributed by atoms with Gasteiger partial charge in [0.1, 0.15) is 0 Å². The Morgan fingerprint density at radius 2 is 1.93 bits per heavy atom. The first kappa shape index (κ1) is 7.31. The molecule has 1 aliphatic rings. The number of ether oxygens (including phenoxy) is 2. The summed E-state index contributed by atoms with van der Waals surface area (Å²) in [5, 5.41) is 10.5. The van der Waals surface area contributed by atoms with Crippen molar-refractivity contribution in [2.45, 2.75) is 6.41 Å². The normalized spacial score (nSPS) is 14.6. The molecule has 14 heavy (non-hydrogen) atoms. The number of benzene rings is 1.